The Hall–Kier alpha value is -3.15. The first-order chi connectivity index (χ1) is 11.1. The monoisotopic (exact) mass is 309 g/mol. The summed E-state index contributed by atoms with van der Waals surface area (Å²) in [7, 11) is 1.63. The number of nitrogens with zero attached hydrogens (tertiary/aromatic N) is 2. The Balaban J connectivity index is 1.96. The van der Waals surface area contributed by atoms with Crippen molar-refractivity contribution in [2.45, 2.75) is 6.92 Å². The van der Waals surface area contributed by atoms with Crippen molar-refractivity contribution in [2.24, 2.45) is 0 Å². The lowest BCUT2D eigenvalue weighted by atomic mass is 10.0. The van der Waals surface area contributed by atoms with E-state index in [4.69, 9.17) is 4.74 Å². The molecule has 0 spiro atoms. The molecule has 6 nitrogen and oxygen atoms in total. The summed E-state index contributed by atoms with van der Waals surface area (Å²) in [6.45, 7) is 1.97. The Bertz CT molecular complexity index is 837. The summed E-state index contributed by atoms with van der Waals surface area (Å²) in [6.07, 6.45) is 0. The van der Waals surface area contributed by atoms with Gasteiger partial charge >= 0.3 is 0 Å². The molecule has 0 saturated heterocycles. The van der Waals surface area contributed by atoms with Crippen LogP contribution in [0.5, 0.6) is 5.75 Å². The van der Waals surface area contributed by atoms with Crippen molar-refractivity contribution in [3.63, 3.8) is 0 Å². The fourth-order valence-corrected chi connectivity index (χ4v) is 2.46. The number of rotatable bonds is 4. The van der Waals surface area contributed by atoms with Crippen molar-refractivity contribution in [1.82, 2.24) is 10.2 Å². The lowest BCUT2D eigenvalue weighted by Crippen LogP contribution is -1.88. The molecule has 0 aliphatic heterocycles. The lowest BCUT2D eigenvalue weighted by molar-refractivity contribution is -0.384. The quantitative estimate of drug-likeness (QED) is 0.584. The molecule has 0 aliphatic rings. The molecule has 3 rings (SSSR count). The van der Waals surface area contributed by atoms with Crippen molar-refractivity contribution in [2.75, 3.05) is 7.11 Å². The van der Waals surface area contributed by atoms with Crippen LogP contribution in [0, 0.1) is 17.0 Å². The van der Waals surface area contributed by atoms with Gasteiger partial charge in [-0.2, -0.15) is 5.10 Å². The summed E-state index contributed by atoms with van der Waals surface area (Å²) < 4.78 is 5.16. The zero-order valence-electron chi connectivity index (χ0n) is 12.7. The van der Waals surface area contributed by atoms with Crippen LogP contribution in [0.25, 0.3) is 22.5 Å². The summed E-state index contributed by atoms with van der Waals surface area (Å²) in [5, 5.41) is 18.1. The van der Waals surface area contributed by atoms with Crippen LogP contribution in [0.4, 0.5) is 5.69 Å². The zero-order valence-corrected chi connectivity index (χ0v) is 12.7. The molecular weight excluding hydrogens is 294 g/mol. The largest absolute Gasteiger partial charge is 0.497 e. The summed E-state index contributed by atoms with van der Waals surface area (Å²) in [5.41, 5.74) is 4.60. The number of aromatic nitrogens is 2. The van der Waals surface area contributed by atoms with E-state index < -0.39 is 4.92 Å². The number of H-pyrrole nitrogens is 1. The normalized spacial score (nSPS) is 10.5. The number of nitrogens with one attached hydrogen (secondary N) is 1. The molecule has 1 N–H and O–H groups in total. The van der Waals surface area contributed by atoms with Crippen LogP contribution in [0.1, 0.15) is 5.56 Å². The van der Waals surface area contributed by atoms with Crippen LogP contribution in [0.15, 0.2) is 48.5 Å². The average molecular weight is 309 g/mol. The Labute approximate surface area is 132 Å². The van der Waals surface area contributed by atoms with E-state index >= 15 is 0 Å². The molecule has 6 heteroatoms. The molecule has 0 amide bonds. The van der Waals surface area contributed by atoms with E-state index in [1.54, 1.807) is 19.2 Å². The second kappa shape index (κ2) is 5.92. The number of hydrogen-bond donors (Lipinski definition) is 1. The first-order valence-electron chi connectivity index (χ1n) is 7.04. The van der Waals surface area contributed by atoms with E-state index in [2.05, 4.69) is 10.2 Å². The summed E-state index contributed by atoms with van der Waals surface area (Å²) >= 11 is 0. The van der Waals surface area contributed by atoms with Crippen LogP contribution in [0.3, 0.4) is 0 Å². The highest BCUT2D eigenvalue weighted by molar-refractivity contribution is 5.74. The number of nitro benzene ring substituents is 1. The highest BCUT2D eigenvalue weighted by atomic mass is 16.6. The number of hydrogen-bond acceptors (Lipinski definition) is 4. The van der Waals surface area contributed by atoms with Crippen LogP contribution in [0.2, 0.25) is 0 Å². The molecule has 1 aromatic heterocycles. The first kappa shape index (κ1) is 14.8. The van der Waals surface area contributed by atoms with Gasteiger partial charge in [0, 0.05) is 28.8 Å². The third-order valence-electron chi connectivity index (χ3n) is 3.74. The van der Waals surface area contributed by atoms with Crippen molar-refractivity contribution >= 4 is 5.69 Å². The predicted molar refractivity (Wildman–Crippen MR) is 87.4 cm³/mol. The fraction of sp³-hybridized carbons (Fsp3) is 0.118. The average Bonchev–Trinajstić information content (AvgIpc) is 2.96. The van der Waals surface area contributed by atoms with Gasteiger partial charge in [-0.1, -0.05) is 0 Å². The molecule has 2 aromatic carbocycles. The van der Waals surface area contributed by atoms with E-state index in [9.17, 15) is 10.1 Å². The number of aromatic amines is 1. The fourth-order valence-electron chi connectivity index (χ4n) is 2.46. The van der Waals surface area contributed by atoms with E-state index in [-0.39, 0.29) is 5.69 Å². The first-order valence-corrected chi connectivity index (χ1v) is 7.04. The second-order valence-electron chi connectivity index (χ2n) is 5.10. The lowest BCUT2D eigenvalue weighted by Gasteiger charge is -2.03. The van der Waals surface area contributed by atoms with Gasteiger partial charge in [0.15, 0.2) is 0 Å². The number of non-ortho nitro benzene ring substituents is 1. The Kier molecular flexibility index (Phi) is 3.80. The predicted octanol–water partition coefficient (Wildman–Crippen LogP) is 3.97. The number of ether oxygens (including phenoxy) is 1. The molecule has 0 atom stereocenters. The SMILES string of the molecule is COc1ccc(-c2n[nH]c(-c3ccc([N+](=O)[O-])cc3)c2C)cc1. The molecule has 0 bridgehead atoms. The maximum Gasteiger partial charge on any atom is 0.269 e. The molecule has 0 unspecified atom stereocenters. The number of methoxy groups -OCH3 is 1. The van der Waals surface area contributed by atoms with Crippen LogP contribution in [-0.2, 0) is 0 Å². The van der Waals surface area contributed by atoms with Gasteiger partial charge in [0.1, 0.15) is 5.75 Å². The minimum Gasteiger partial charge on any atom is -0.497 e. The van der Waals surface area contributed by atoms with Gasteiger partial charge in [-0.15, -0.1) is 0 Å². The van der Waals surface area contributed by atoms with Gasteiger partial charge in [-0.25, -0.2) is 0 Å². The molecule has 3 aromatic rings. The van der Waals surface area contributed by atoms with Crippen molar-refractivity contribution < 1.29 is 9.66 Å². The topological polar surface area (TPSA) is 81.0 Å². The summed E-state index contributed by atoms with van der Waals surface area (Å²) in [4.78, 5) is 10.3. The Morgan fingerprint density at radius 3 is 2.22 bits per heavy atom. The maximum absolute atomic E-state index is 10.7. The highest BCUT2D eigenvalue weighted by Crippen LogP contribution is 2.31. The van der Waals surface area contributed by atoms with E-state index in [1.165, 1.54) is 12.1 Å². The van der Waals surface area contributed by atoms with Crippen LogP contribution >= 0.6 is 0 Å². The Morgan fingerprint density at radius 2 is 1.65 bits per heavy atom. The van der Waals surface area contributed by atoms with Gasteiger partial charge < -0.3 is 4.74 Å². The van der Waals surface area contributed by atoms with Crippen molar-refractivity contribution in [3.8, 4) is 28.3 Å². The second-order valence-corrected chi connectivity index (χ2v) is 5.10. The molecule has 116 valence electrons. The minimum atomic E-state index is -0.410. The standard InChI is InChI=1S/C17H15N3O3/c1-11-16(12-3-7-14(8-4-12)20(21)22)18-19-17(11)13-5-9-15(23-2)10-6-13/h3-10H,1-2H3,(H,18,19). The van der Waals surface area contributed by atoms with Crippen molar-refractivity contribution in [3.05, 3.63) is 64.2 Å². The third kappa shape index (κ3) is 2.78. The van der Waals surface area contributed by atoms with Gasteiger partial charge in [-0.05, 0) is 43.3 Å². The molecule has 0 aliphatic carbocycles. The Morgan fingerprint density at radius 1 is 1.04 bits per heavy atom. The summed E-state index contributed by atoms with van der Waals surface area (Å²) in [6, 6.07) is 14.1. The van der Waals surface area contributed by atoms with E-state index in [1.807, 2.05) is 31.2 Å². The number of nitro groups is 1. The van der Waals surface area contributed by atoms with E-state index in [0.29, 0.717) is 0 Å². The number of benzene rings is 2. The summed E-state index contributed by atoms with van der Waals surface area (Å²) in [5.74, 6) is 0.789. The molecule has 0 saturated carbocycles. The molecule has 0 radical (unpaired) electrons. The maximum atomic E-state index is 10.7. The highest BCUT2D eigenvalue weighted by Gasteiger charge is 2.13. The molecular formula is C17H15N3O3. The molecule has 23 heavy (non-hydrogen) atoms. The van der Waals surface area contributed by atoms with Gasteiger partial charge in [0.2, 0.25) is 0 Å². The van der Waals surface area contributed by atoms with Gasteiger partial charge in [0.05, 0.1) is 23.4 Å². The third-order valence-corrected chi connectivity index (χ3v) is 3.74. The molecule has 0 fully saturated rings. The van der Waals surface area contributed by atoms with Gasteiger partial charge in [0.25, 0.3) is 5.69 Å². The zero-order chi connectivity index (χ0) is 16.4. The minimum absolute atomic E-state index is 0.0706. The van der Waals surface area contributed by atoms with E-state index in [0.717, 1.165) is 33.8 Å². The smallest absolute Gasteiger partial charge is 0.269 e. The van der Waals surface area contributed by atoms with Crippen LogP contribution < -0.4 is 4.74 Å². The van der Waals surface area contributed by atoms with Gasteiger partial charge in [-0.3, -0.25) is 15.2 Å². The van der Waals surface area contributed by atoms with Crippen molar-refractivity contribution in [1.29, 1.82) is 0 Å². The van der Waals surface area contributed by atoms with Crippen LogP contribution in [-0.4, -0.2) is 22.2 Å². The molecule has 1 heterocycles.